The average Bonchev–Trinajstić information content (AvgIpc) is 3.20. The molecule has 1 aliphatic carbocycles. The molecule has 2 aromatic carbocycles. The van der Waals surface area contributed by atoms with E-state index in [1.54, 1.807) is 18.2 Å². The molecule has 2 heterocycles. The van der Waals surface area contributed by atoms with E-state index in [-0.39, 0.29) is 10.4 Å². The number of Topliss-reactive ketones (excluding diaryl/α,β-unsaturated/α-hetero) is 1. The van der Waals surface area contributed by atoms with Crippen molar-refractivity contribution in [3.8, 4) is 11.3 Å². The summed E-state index contributed by atoms with van der Waals surface area (Å²) in [4.78, 5) is 25.4. The molecule has 0 saturated carbocycles. The number of carbonyl (C=O) groups is 2. The minimum atomic E-state index is -1.63. The lowest BCUT2D eigenvalue weighted by Gasteiger charge is -2.36. The van der Waals surface area contributed by atoms with Gasteiger partial charge in [-0.2, -0.15) is 10.2 Å². The van der Waals surface area contributed by atoms with Crippen molar-refractivity contribution in [2.75, 3.05) is 5.73 Å². The number of anilines is 1. The van der Waals surface area contributed by atoms with Gasteiger partial charge in [0.25, 0.3) is 0 Å². The third-order valence-electron chi connectivity index (χ3n) is 5.69. The topological polar surface area (TPSA) is 158 Å². The van der Waals surface area contributed by atoms with Crippen molar-refractivity contribution in [1.29, 1.82) is 0 Å². The smallest absolute Gasteiger partial charge is 0.346 e. The summed E-state index contributed by atoms with van der Waals surface area (Å²) in [5.41, 5.74) is 20.5. The van der Waals surface area contributed by atoms with Gasteiger partial charge in [-0.25, -0.2) is 4.79 Å². The molecule has 1 aliphatic rings. The fraction of sp³-hybridized carbons (Fsp3) is 0.0909. The molecular weight excluding hydrogens is 414 g/mol. The van der Waals surface area contributed by atoms with Gasteiger partial charge in [-0.05, 0) is 17.7 Å². The van der Waals surface area contributed by atoms with Crippen LogP contribution in [0.1, 0.15) is 32.4 Å². The number of benzene rings is 2. The maximum Gasteiger partial charge on any atom is 0.346 e. The number of nitrogens with two attached hydrogens (primary N) is 3. The van der Waals surface area contributed by atoms with Gasteiger partial charge in [0.05, 0.1) is 22.6 Å². The van der Waals surface area contributed by atoms with E-state index in [2.05, 4.69) is 10.2 Å². The fourth-order valence-corrected chi connectivity index (χ4v) is 5.31. The number of carboxylic acid groups (broad SMARTS) is 1. The highest BCUT2D eigenvalue weighted by atomic mass is 32.1. The number of nitrogens with zero attached hydrogens (tertiary/aromatic N) is 2. The largest absolute Gasteiger partial charge is 0.477 e. The van der Waals surface area contributed by atoms with Gasteiger partial charge in [0.1, 0.15) is 10.4 Å². The lowest BCUT2D eigenvalue weighted by Crippen LogP contribution is -2.52. The molecule has 4 aromatic rings. The Hall–Kier alpha value is -3.66. The summed E-state index contributed by atoms with van der Waals surface area (Å²) in [6.45, 7) is 0. The number of carboxylic acids is 1. The van der Waals surface area contributed by atoms with E-state index < -0.39 is 23.3 Å². The van der Waals surface area contributed by atoms with Crippen LogP contribution in [-0.4, -0.2) is 27.1 Å². The molecular formula is C22H17N5O3S. The number of rotatable bonds is 3. The summed E-state index contributed by atoms with van der Waals surface area (Å²) >= 11 is 0.999. The first kappa shape index (κ1) is 19.3. The number of aromatic nitrogens is 2. The molecule has 2 atom stereocenters. The Morgan fingerprint density at radius 2 is 1.90 bits per heavy atom. The standard InChI is InChI=1S/C22H17N5O3S/c23-13-7-6-12-15-16(19(21(29)30)31-18(13)15)17(24)20(28)22(12,25)11-8-14(27-26-9-11)10-4-2-1-3-5-10/h1-9,17H,23-25H2,(H,29,30). The summed E-state index contributed by atoms with van der Waals surface area (Å²) in [5.74, 6) is -1.68. The van der Waals surface area contributed by atoms with Gasteiger partial charge in [0.2, 0.25) is 0 Å². The third kappa shape index (κ3) is 2.61. The first-order chi connectivity index (χ1) is 14.8. The van der Waals surface area contributed by atoms with Crippen molar-refractivity contribution in [2.24, 2.45) is 11.5 Å². The van der Waals surface area contributed by atoms with Crippen molar-refractivity contribution in [3.05, 3.63) is 76.3 Å². The molecule has 0 aliphatic heterocycles. The highest BCUT2D eigenvalue weighted by Crippen LogP contribution is 2.49. The second kappa shape index (κ2) is 6.67. The van der Waals surface area contributed by atoms with Crippen LogP contribution in [0, 0.1) is 0 Å². The molecule has 0 radical (unpaired) electrons. The molecule has 2 unspecified atom stereocenters. The van der Waals surface area contributed by atoms with Gasteiger partial charge in [0.15, 0.2) is 5.78 Å². The Morgan fingerprint density at radius 1 is 1.16 bits per heavy atom. The van der Waals surface area contributed by atoms with Crippen LogP contribution in [0.3, 0.4) is 0 Å². The van der Waals surface area contributed by atoms with E-state index >= 15 is 0 Å². The van der Waals surface area contributed by atoms with Gasteiger partial charge >= 0.3 is 5.97 Å². The molecule has 5 rings (SSSR count). The van der Waals surface area contributed by atoms with Gasteiger partial charge < -0.3 is 22.3 Å². The number of nitrogen functional groups attached to an aromatic ring is 1. The number of ketones is 1. The van der Waals surface area contributed by atoms with E-state index in [1.165, 1.54) is 6.20 Å². The van der Waals surface area contributed by atoms with E-state index in [1.807, 2.05) is 30.3 Å². The maximum atomic E-state index is 13.5. The first-order valence-corrected chi connectivity index (χ1v) is 10.2. The Labute approximate surface area is 180 Å². The highest BCUT2D eigenvalue weighted by Gasteiger charge is 2.49. The predicted molar refractivity (Wildman–Crippen MR) is 118 cm³/mol. The zero-order valence-electron chi connectivity index (χ0n) is 16.1. The van der Waals surface area contributed by atoms with Crippen LogP contribution < -0.4 is 17.2 Å². The van der Waals surface area contributed by atoms with E-state index in [0.717, 1.165) is 16.9 Å². The number of carbonyl (C=O) groups excluding carboxylic acids is 1. The minimum absolute atomic E-state index is 0.00474. The van der Waals surface area contributed by atoms with E-state index in [9.17, 15) is 14.7 Å². The van der Waals surface area contributed by atoms with Crippen LogP contribution in [0.15, 0.2) is 54.7 Å². The normalized spacial score (nSPS) is 20.2. The Bertz CT molecular complexity index is 1380. The van der Waals surface area contributed by atoms with Crippen LogP contribution in [0.4, 0.5) is 5.69 Å². The molecule has 0 fully saturated rings. The molecule has 0 bridgehead atoms. The lowest BCUT2D eigenvalue weighted by molar-refractivity contribution is -0.124. The van der Waals surface area contributed by atoms with Gasteiger partial charge in [0, 0.05) is 27.8 Å². The van der Waals surface area contributed by atoms with Crippen LogP contribution in [0.25, 0.3) is 21.3 Å². The second-order valence-corrected chi connectivity index (χ2v) is 8.42. The SMILES string of the molecule is Nc1ccc2c3c(c(C(=O)O)sc13)C(N)C(=O)C2(N)c1cnnc(-c2ccccc2)c1. The molecule has 7 N–H and O–H groups in total. The molecule has 0 saturated heterocycles. The summed E-state index contributed by atoms with van der Waals surface area (Å²) in [7, 11) is 0. The van der Waals surface area contributed by atoms with Crippen LogP contribution >= 0.6 is 11.3 Å². The highest BCUT2D eigenvalue weighted by molar-refractivity contribution is 7.21. The monoisotopic (exact) mass is 431 g/mol. The summed E-state index contributed by atoms with van der Waals surface area (Å²) in [6, 6.07) is 13.2. The van der Waals surface area contributed by atoms with E-state index in [4.69, 9.17) is 17.2 Å². The summed E-state index contributed by atoms with van der Waals surface area (Å²) < 4.78 is 0.549. The second-order valence-electron chi connectivity index (χ2n) is 7.40. The summed E-state index contributed by atoms with van der Waals surface area (Å²) in [6.07, 6.45) is 1.44. The predicted octanol–water partition coefficient (Wildman–Crippen LogP) is 2.42. The lowest BCUT2D eigenvalue weighted by atomic mass is 9.71. The van der Waals surface area contributed by atoms with E-state index in [0.29, 0.717) is 32.6 Å². The first-order valence-electron chi connectivity index (χ1n) is 9.40. The van der Waals surface area contributed by atoms with Crippen LogP contribution in [0.5, 0.6) is 0 Å². The quantitative estimate of drug-likeness (QED) is 0.360. The number of aromatic carboxylic acids is 1. The van der Waals surface area contributed by atoms with Gasteiger partial charge in [-0.3, -0.25) is 4.79 Å². The number of hydrogen-bond donors (Lipinski definition) is 4. The molecule has 9 heteroatoms. The van der Waals surface area contributed by atoms with Crippen molar-refractivity contribution in [3.63, 3.8) is 0 Å². The molecule has 31 heavy (non-hydrogen) atoms. The molecule has 154 valence electrons. The molecule has 0 spiro atoms. The maximum absolute atomic E-state index is 13.5. The number of hydrogen-bond acceptors (Lipinski definition) is 8. The summed E-state index contributed by atoms with van der Waals surface area (Å²) in [5, 5.41) is 18.4. The van der Waals surface area contributed by atoms with Gasteiger partial charge in [-0.1, -0.05) is 36.4 Å². The molecule has 2 aromatic heterocycles. The van der Waals surface area contributed by atoms with Crippen molar-refractivity contribution < 1.29 is 14.7 Å². The molecule has 8 nitrogen and oxygen atoms in total. The average molecular weight is 431 g/mol. The zero-order valence-corrected chi connectivity index (χ0v) is 16.9. The number of thiophene rings is 1. The Kier molecular flexibility index (Phi) is 4.16. The van der Waals surface area contributed by atoms with Crippen LogP contribution in [0.2, 0.25) is 0 Å². The Balaban J connectivity index is 1.81. The van der Waals surface area contributed by atoms with Gasteiger partial charge in [-0.15, -0.1) is 11.3 Å². The van der Waals surface area contributed by atoms with Crippen molar-refractivity contribution >= 4 is 38.9 Å². The Morgan fingerprint density at radius 3 is 2.61 bits per heavy atom. The molecule has 0 amide bonds. The van der Waals surface area contributed by atoms with Crippen LogP contribution in [-0.2, 0) is 10.3 Å². The van der Waals surface area contributed by atoms with Crippen molar-refractivity contribution in [2.45, 2.75) is 11.6 Å². The third-order valence-corrected chi connectivity index (χ3v) is 6.93. The zero-order chi connectivity index (χ0) is 21.9. The van der Waals surface area contributed by atoms with Crippen molar-refractivity contribution in [1.82, 2.24) is 10.2 Å². The fourth-order valence-electron chi connectivity index (χ4n) is 4.17. The minimum Gasteiger partial charge on any atom is -0.477 e.